The van der Waals surface area contributed by atoms with Gasteiger partial charge in [0.1, 0.15) is 6.23 Å². The van der Waals surface area contributed by atoms with E-state index in [1.807, 2.05) is 18.2 Å². The Balaban J connectivity index is 2.12. The van der Waals surface area contributed by atoms with Crippen LogP contribution in [-0.4, -0.2) is 42.6 Å². The van der Waals surface area contributed by atoms with Gasteiger partial charge in [0.15, 0.2) is 6.10 Å². The number of hydrogen-bond donors (Lipinski definition) is 0. The Hall–Kier alpha value is -1.68. The van der Waals surface area contributed by atoms with Crippen LogP contribution in [0.3, 0.4) is 0 Å². The van der Waals surface area contributed by atoms with Gasteiger partial charge in [-0.3, -0.25) is 0 Å². The van der Waals surface area contributed by atoms with Crippen molar-refractivity contribution in [3.8, 4) is 0 Å². The maximum absolute atomic E-state index is 9.40. The summed E-state index contributed by atoms with van der Waals surface area (Å²) in [5.41, 5.74) is 11.2. The van der Waals surface area contributed by atoms with Gasteiger partial charge in [-0.1, -0.05) is 44.9 Å². The first-order chi connectivity index (χ1) is 11.8. The van der Waals surface area contributed by atoms with E-state index in [2.05, 4.69) is 35.7 Å². The van der Waals surface area contributed by atoms with E-state index in [9.17, 15) is 5.53 Å². The highest BCUT2D eigenvalue weighted by Crippen LogP contribution is 2.25. The summed E-state index contributed by atoms with van der Waals surface area (Å²) in [5, 5.41) is 0. The van der Waals surface area contributed by atoms with Crippen molar-refractivity contribution in [2.75, 3.05) is 24.7 Å². The molecule has 0 amide bonds. The van der Waals surface area contributed by atoms with Crippen molar-refractivity contribution in [2.45, 2.75) is 58.3 Å². The molecular weight excluding hydrogens is 302 g/mol. The van der Waals surface area contributed by atoms with E-state index in [-0.39, 0.29) is 12.3 Å². The van der Waals surface area contributed by atoms with Crippen molar-refractivity contribution in [3.63, 3.8) is 0 Å². The van der Waals surface area contributed by atoms with Crippen LogP contribution < -0.4 is 4.90 Å². The Labute approximate surface area is 145 Å². The molecule has 0 aliphatic carbocycles. The molecule has 2 unspecified atom stereocenters. The van der Waals surface area contributed by atoms with E-state index >= 15 is 0 Å². The van der Waals surface area contributed by atoms with Gasteiger partial charge in [0.25, 0.3) is 0 Å². The van der Waals surface area contributed by atoms with Crippen LogP contribution in [0.25, 0.3) is 5.53 Å². The first-order valence-corrected chi connectivity index (χ1v) is 9.05. The minimum absolute atomic E-state index is 0.115. The molecular formula is C19H29N3O2. The third-order valence-corrected chi connectivity index (χ3v) is 4.31. The van der Waals surface area contributed by atoms with Gasteiger partial charge in [0.05, 0.1) is 13.0 Å². The topological polar surface area (TPSA) is 58.1 Å². The van der Waals surface area contributed by atoms with Crippen LogP contribution in [0.1, 0.15) is 46.0 Å². The van der Waals surface area contributed by atoms with Gasteiger partial charge in [-0.15, -0.1) is 0 Å². The van der Waals surface area contributed by atoms with Gasteiger partial charge >= 0.3 is 5.71 Å². The van der Waals surface area contributed by atoms with Crippen molar-refractivity contribution < 1.29 is 14.3 Å². The first-order valence-electron chi connectivity index (χ1n) is 9.05. The Kier molecular flexibility index (Phi) is 7.96. The summed E-state index contributed by atoms with van der Waals surface area (Å²) in [7, 11) is 0. The number of hydrogen-bond acceptors (Lipinski definition) is 3. The van der Waals surface area contributed by atoms with Crippen molar-refractivity contribution in [2.24, 2.45) is 0 Å². The van der Waals surface area contributed by atoms with E-state index in [4.69, 9.17) is 9.47 Å². The van der Waals surface area contributed by atoms with Crippen LogP contribution in [0, 0.1) is 0 Å². The minimum Gasteiger partial charge on any atom is -0.364 e. The Morgan fingerprint density at radius 3 is 2.38 bits per heavy atom. The number of ether oxygens (including phenoxy) is 2. The van der Waals surface area contributed by atoms with Gasteiger partial charge in [0.2, 0.25) is 0 Å². The maximum Gasteiger partial charge on any atom is 0.303 e. The predicted molar refractivity (Wildman–Crippen MR) is 96.3 cm³/mol. The minimum atomic E-state index is -0.187. The molecule has 1 fully saturated rings. The van der Waals surface area contributed by atoms with Gasteiger partial charge in [-0.25, -0.2) is 0 Å². The van der Waals surface area contributed by atoms with Gasteiger partial charge in [-0.2, -0.15) is 4.79 Å². The SMILES string of the molecule is CCCCOC1CN(c2ccccc2)C(OCCCC)CC1=[N+]=[N-]. The fraction of sp³-hybridized carbons (Fsp3) is 0.632. The van der Waals surface area contributed by atoms with E-state index in [1.54, 1.807) is 0 Å². The average Bonchev–Trinajstić information content (AvgIpc) is 2.63. The fourth-order valence-corrected chi connectivity index (χ4v) is 2.85. The molecule has 0 aromatic heterocycles. The van der Waals surface area contributed by atoms with Crippen LogP contribution in [0.5, 0.6) is 0 Å². The molecule has 0 N–H and O–H groups in total. The Morgan fingerprint density at radius 1 is 1.08 bits per heavy atom. The second-order valence-electron chi connectivity index (χ2n) is 6.18. The summed E-state index contributed by atoms with van der Waals surface area (Å²) in [4.78, 5) is 5.72. The first kappa shape index (κ1) is 18.7. The molecule has 1 aromatic carbocycles. The molecule has 1 aliphatic heterocycles. The monoisotopic (exact) mass is 331 g/mol. The lowest BCUT2D eigenvalue weighted by atomic mass is 10.0. The molecule has 0 bridgehead atoms. The fourth-order valence-electron chi connectivity index (χ4n) is 2.85. The molecule has 2 rings (SSSR count). The van der Waals surface area contributed by atoms with Crippen molar-refractivity contribution >= 4 is 11.4 Å². The summed E-state index contributed by atoms with van der Waals surface area (Å²) in [5.74, 6) is 0. The molecule has 132 valence electrons. The number of piperidine rings is 1. The summed E-state index contributed by atoms with van der Waals surface area (Å²) >= 11 is 0. The molecule has 2 atom stereocenters. The molecule has 0 saturated carbocycles. The lowest BCUT2D eigenvalue weighted by Crippen LogP contribution is -2.53. The molecule has 0 radical (unpaired) electrons. The zero-order chi connectivity index (χ0) is 17.2. The van der Waals surface area contributed by atoms with E-state index in [0.29, 0.717) is 31.9 Å². The Bertz CT molecular complexity index is 529. The number of benzene rings is 1. The van der Waals surface area contributed by atoms with E-state index in [1.165, 1.54) is 0 Å². The molecule has 1 heterocycles. The summed E-state index contributed by atoms with van der Waals surface area (Å²) in [6, 6.07) is 10.2. The lowest BCUT2D eigenvalue weighted by Gasteiger charge is -2.38. The molecule has 1 saturated heterocycles. The van der Waals surface area contributed by atoms with Crippen LogP contribution >= 0.6 is 0 Å². The second kappa shape index (κ2) is 10.2. The van der Waals surface area contributed by atoms with Crippen molar-refractivity contribution in [1.82, 2.24) is 0 Å². The van der Waals surface area contributed by atoms with Gasteiger partial charge in [0, 0.05) is 18.9 Å². The zero-order valence-electron chi connectivity index (χ0n) is 14.9. The molecule has 0 spiro atoms. The van der Waals surface area contributed by atoms with Gasteiger partial charge in [-0.05, 0) is 25.0 Å². The number of para-hydroxylation sites is 1. The predicted octanol–water partition coefficient (Wildman–Crippen LogP) is 3.90. The van der Waals surface area contributed by atoms with E-state index < -0.39 is 0 Å². The zero-order valence-corrected chi connectivity index (χ0v) is 14.9. The van der Waals surface area contributed by atoms with Crippen molar-refractivity contribution in [3.05, 3.63) is 35.9 Å². The number of anilines is 1. The lowest BCUT2D eigenvalue weighted by molar-refractivity contribution is -0.0517. The van der Waals surface area contributed by atoms with Crippen LogP contribution in [-0.2, 0) is 9.47 Å². The summed E-state index contributed by atoms with van der Waals surface area (Å²) in [6.07, 6.45) is 4.48. The molecule has 24 heavy (non-hydrogen) atoms. The third-order valence-electron chi connectivity index (χ3n) is 4.31. The quantitative estimate of drug-likeness (QED) is 0.392. The smallest absolute Gasteiger partial charge is 0.303 e. The highest BCUT2D eigenvalue weighted by Gasteiger charge is 2.39. The summed E-state index contributed by atoms with van der Waals surface area (Å²) < 4.78 is 12.0. The Morgan fingerprint density at radius 2 is 1.75 bits per heavy atom. The highest BCUT2D eigenvalue weighted by molar-refractivity contribution is 5.86. The standard InChI is InChI=1S/C19H29N3O2/c1-3-5-12-23-18-15-22(16-10-8-7-9-11-16)19(14-17(18)21-20)24-13-6-4-2/h7-11,18-19H,3-6,12-15H2,1-2H3. The molecule has 5 heteroatoms. The largest absolute Gasteiger partial charge is 0.364 e. The molecule has 5 nitrogen and oxygen atoms in total. The summed E-state index contributed by atoms with van der Waals surface area (Å²) in [6.45, 7) is 6.33. The van der Waals surface area contributed by atoms with Crippen molar-refractivity contribution in [1.29, 1.82) is 0 Å². The maximum atomic E-state index is 9.40. The van der Waals surface area contributed by atoms with Crippen LogP contribution in [0.2, 0.25) is 0 Å². The normalized spacial score (nSPS) is 20.9. The second-order valence-corrected chi connectivity index (χ2v) is 6.18. The van der Waals surface area contributed by atoms with Crippen LogP contribution in [0.15, 0.2) is 30.3 Å². The van der Waals surface area contributed by atoms with Crippen LogP contribution in [0.4, 0.5) is 5.69 Å². The number of unbranched alkanes of at least 4 members (excludes halogenated alkanes) is 2. The highest BCUT2D eigenvalue weighted by atomic mass is 16.5. The van der Waals surface area contributed by atoms with E-state index in [0.717, 1.165) is 31.4 Å². The molecule has 1 aliphatic rings. The molecule has 1 aromatic rings. The third kappa shape index (κ3) is 5.17. The van der Waals surface area contributed by atoms with Gasteiger partial charge < -0.3 is 19.9 Å². The average molecular weight is 331 g/mol. The number of nitrogens with zero attached hydrogens (tertiary/aromatic N) is 3. The number of rotatable bonds is 9.